The summed E-state index contributed by atoms with van der Waals surface area (Å²) < 4.78 is 7.70. The molecule has 0 aliphatic carbocycles. The summed E-state index contributed by atoms with van der Waals surface area (Å²) in [5, 5.41) is 10.2. The minimum Gasteiger partial charge on any atom is -0.389 e. The van der Waals surface area contributed by atoms with Crippen molar-refractivity contribution in [3.63, 3.8) is 0 Å². The summed E-state index contributed by atoms with van der Waals surface area (Å²) in [5.41, 5.74) is 1.14. The maximum atomic E-state index is 10.2. The second-order valence-electron chi connectivity index (χ2n) is 6.69. The first kappa shape index (κ1) is 18.1. The molecule has 25 heavy (non-hydrogen) atoms. The van der Waals surface area contributed by atoms with E-state index in [1.165, 1.54) is 0 Å². The first-order valence-corrected chi connectivity index (χ1v) is 8.91. The molecule has 1 aromatic heterocycles. The second kappa shape index (κ2) is 9.10. The Morgan fingerprint density at radius 3 is 2.52 bits per heavy atom. The van der Waals surface area contributed by atoms with Crippen LogP contribution in [0.3, 0.4) is 0 Å². The first-order chi connectivity index (χ1) is 12.2. The van der Waals surface area contributed by atoms with Gasteiger partial charge in [-0.3, -0.25) is 9.80 Å². The number of hydrogen-bond donors (Lipinski definition) is 1. The third kappa shape index (κ3) is 5.64. The average Bonchev–Trinajstić information content (AvgIpc) is 3.02. The molecule has 1 atom stereocenters. The van der Waals surface area contributed by atoms with Crippen molar-refractivity contribution in [1.29, 1.82) is 0 Å². The van der Waals surface area contributed by atoms with Crippen LogP contribution in [0.15, 0.2) is 42.7 Å². The monoisotopic (exact) mass is 344 g/mol. The number of β-amino-alcohol motifs (C(OH)–C–C–N with tert-alkyl or cyclic N) is 1. The summed E-state index contributed by atoms with van der Waals surface area (Å²) in [4.78, 5) is 9.11. The fraction of sp³-hybridized carbons (Fsp3) is 0.526. The lowest BCUT2D eigenvalue weighted by atomic mass is 10.2. The highest BCUT2D eigenvalue weighted by Gasteiger charge is 2.20. The van der Waals surface area contributed by atoms with Gasteiger partial charge in [-0.15, -0.1) is 0 Å². The molecule has 0 bridgehead atoms. The zero-order valence-electron chi connectivity index (χ0n) is 14.9. The predicted molar refractivity (Wildman–Crippen MR) is 97.0 cm³/mol. The topological polar surface area (TPSA) is 53.8 Å². The molecule has 136 valence electrons. The van der Waals surface area contributed by atoms with Gasteiger partial charge in [0, 0.05) is 52.2 Å². The van der Waals surface area contributed by atoms with Crippen molar-refractivity contribution < 1.29 is 9.84 Å². The van der Waals surface area contributed by atoms with E-state index >= 15 is 0 Å². The van der Waals surface area contributed by atoms with Crippen molar-refractivity contribution in [1.82, 2.24) is 19.4 Å². The van der Waals surface area contributed by atoms with Crippen LogP contribution >= 0.6 is 0 Å². The standard InChI is InChI=1S/C19H28N4O2/c1-21-8-7-20-19(21)14-23-11-9-22(10-12-23)13-18(24)16-25-15-17-5-3-2-4-6-17/h2-8,18,24H,9-16H2,1H3/t18-/m0/s1. The fourth-order valence-electron chi connectivity index (χ4n) is 3.12. The van der Waals surface area contributed by atoms with Crippen LogP contribution in [0, 0.1) is 0 Å². The van der Waals surface area contributed by atoms with Crippen molar-refractivity contribution in [2.24, 2.45) is 7.05 Å². The SMILES string of the molecule is Cn1ccnc1CN1CCN(C[C@H](O)COCc2ccccc2)CC1. The number of piperazine rings is 1. The smallest absolute Gasteiger partial charge is 0.122 e. The minimum atomic E-state index is -0.440. The number of aromatic nitrogens is 2. The molecule has 1 N–H and O–H groups in total. The van der Waals surface area contributed by atoms with E-state index in [4.69, 9.17) is 4.74 Å². The Hall–Kier alpha value is -1.73. The number of ether oxygens (including phenoxy) is 1. The summed E-state index contributed by atoms with van der Waals surface area (Å²) in [6.07, 6.45) is 3.39. The molecule has 0 unspecified atom stereocenters. The number of rotatable bonds is 8. The van der Waals surface area contributed by atoms with Gasteiger partial charge in [-0.05, 0) is 5.56 Å². The maximum absolute atomic E-state index is 10.2. The number of hydrogen-bond acceptors (Lipinski definition) is 5. The third-order valence-corrected chi connectivity index (χ3v) is 4.64. The molecule has 0 spiro atoms. The van der Waals surface area contributed by atoms with Crippen LogP contribution in [-0.2, 0) is 24.9 Å². The van der Waals surface area contributed by atoms with Gasteiger partial charge in [-0.2, -0.15) is 0 Å². The lowest BCUT2D eigenvalue weighted by Crippen LogP contribution is -2.48. The van der Waals surface area contributed by atoms with Crippen molar-refractivity contribution in [3.05, 3.63) is 54.1 Å². The van der Waals surface area contributed by atoms with Crippen LogP contribution in [0.25, 0.3) is 0 Å². The van der Waals surface area contributed by atoms with E-state index in [0.29, 0.717) is 19.8 Å². The van der Waals surface area contributed by atoms with Crippen LogP contribution in [-0.4, -0.2) is 69.9 Å². The van der Waals surface area contributed by atoms with E-state index < -0.39 is 6.10 Å². The molecular formula is C19H28N4O2. The van der Waals surface area contributed by atoms with Crippen molar-refractivity contribution in [2.75, 3.05) is 39.3 Å². The Kier molecular flexibility index (Phi) is 6.58. The maximum Gasteiger partial charge on any atom is 0.122 e. The van der Waals surface area contributed by atoms with Gasteiger partial charge in [0.25, 0.3) is 0 Å². The molecule has 1 aliphatic heterocycles. The molecule has 3 rings (SSSR count). The molecule has 1 aliphatic rings. The van der Waals surface area contributed by atoms with Crippen molar-refractivity contribution in [2.45, 2.75) is 19.3 Å². The number of aliphatic hydroxyl groups is 1. The van der Waals surface area contributed by atoms with E-state index in [2.05, 4.69) is 19.4 Å². The van der Waals surface area contributed by atoms with Crippen LogP contribution in [0.2, 0.25) is 0 Å². The summed E-state index contributed by atoms with van der Waals surface area (Å²) in [7, 11) is 2.03. The molecule has 0 amide bonds. The zero-order chi connectivity index (χ0) is 17.5. The Balaban J connectivity index is 1.32. The molecule has 2 heterocycles. The van der Waals surface area contributed by atoms with E-state index in [1.807, 2.05) is 49.8 Å². The average molecular weight is 344 g/mol. The molecule has 1 saturated heterocycles. The van der Waals surface area contributed by atoms with Gasteiger partial charge in [0.05, 0.1) is 25.9 Å². The van der Waals surface area contributed by atoms with E-state index in [-0.39, 0.29) is 0 Å². The van der Waals surface area contributed by atoms with Gasteiger partial charge in [-0.1, -0.05) is 30.3 Å². The second-order valence-corrected chi connectivity index (χ2v) is 6.69. The highest BCUT2D eigenvalue weighted by atomic mass is 16.5. The Bertz CT molecular complexity index is 623. The van der Waals surface area contributed by atoms with Gasteiger partial charge in [0.2, 0.25) is 0 Å². The zero-order valence-corrected chi connectivity index (χ0v) is 14.9. The summed E-state index contributed by atoms with van der Waals surface area (Å²) in [6, 6.07) is 10.1. The molecule has 2 aromatic rings. The Morgan fingerprint density at radius 1 is 1.12 bits per heavy atom. The van der Waals surface area contributed by atoms with Gasteiger partial charge >= 0.3 is 0 Å². The number of aryl methyl sites for hydroxylation is 1. The highest BCUT2D eigenvalue weighted by Crippen LogP contribution is 2.08. The molecule has 0 saturated carbocycles. The fourth-order valence-corrected chi connectivity index (χ4v) is 3.12. The van der Waals surface area contributed by atoms with Gasteiger partial charge in [0.15, 0.2) is 0 Å². The quantitative estimate of drug-likeness (QED) is 0.778. The predicted octanol–water partition coefficient (Wildman–Crippen LogP) is 1.12. The van der Waals surface area contributed by atoms with E-state index in [0.717, 1.165) is 44.1 Å². The summed E-state index contributed by atoms with van der Waals surface area (Å²) in [6.45, 7) is 6.44. The summed E-state index contributed by atoms with van der Waals surface area (Å²) in [5.74, 6) is 1.10. The number of aliphatic hydroxyl groups excluding tert-OH is 1. The number of imidazole rings is 1. The lowest BCUT2D eigenvalue weighted by molar-refractivity contribution is 0.000673. The minimum absolute atomic E-state index is 0.377. The molecule has 1 aromatic carbocycles. The van der Waals surface area contributed by atoms with E-state index in [9.17, 15) is 5.11 Å². The molecule has 1 fully saturated rings. The van der Waals surface area contributed by atoms with Crippen LogP contribution < -0.4 is 0 Å². The molecule has 0 radical (unpaired) electrons. The molecular weight excluding hydrogens is 316 g/mol. The van der Waals surface area contributed by atoms with Crippen molar-refractivity contribution in [3.8, 4) is 0 Å². The molecule has 6 nitrogen and oxygen atoms in total. The van der Waals surface area contributed by atoms with Gasteiger partial charge in [-0.25, -0.2) is 4.98 Å². The van der Waals surface area contributed by atoms with Gasteiger partial charge < -0.3 is 14.4 Å². The number of benzene rings is 1. The first-order valence-electron chi connectivity index (χ1n) is 8.91. The normalized spacial score (nSPS) is 17.7. The third-order valence-electron chi connectivity index (χ3n) is 4.64. The highest BCUT2D eigenvalue weighted by molar-refractivity contribution is 5.13. The Morgan fingerprint density at radius 2 is 1.84 bits per heavy atom. The van der Waals surface area contributed by atoms with Crippen molar-refractivity contribution >= 4 is 0 Å². The summed E-state index contributed by atoms with van der Waals surface area (Å²) >= 11 is 0. The van der Waals surface area contributed by atoms with Gasteiger partial charge in [0.1, 0.15) is 5.82 Å². The lowest BCUT2D eigenvalue weighted by Gasteiger charge is -2.35. The van der Waals surface area contributed by atoms with Crippen LogP contribution in [0.1, 0.15) is 11.4 Å². The molecule has 6 heteroatoms. The number of nitrogens with zero attached hydrogens (tertiary/aromatic N) is 4. The van der Waals surface area contributed by atoms with Crippen LogP contribution in [0.4, 0.5) is 0 Å². The van der Waals surface area contributed by atoms with Crippen LogP contribution in [0.5, 0.6) is 0 Å². The largest absolute Gasteiger partial charge is 0.389 e. The van der Waals surface area contributed by atoms with E-state index in [1.54, 1.807) is 0 Å². The Labute approximate surface area is 149 Å².